The van der Waals surface area contributed by atoms with E-state index in [1.54, 1.807) is 0 Å². The summed E-state index contributed by atoms with van der Waals surface area (Å²) in [6.07, 6.45) is 4.91. The van der Waals surface area contributed by atoms with E-state index < -0.39 is 0 Å². The summed E-state index contributed by atoms with van der Waals surface area (Å²) >= 11 is 0. The molecule has 2 rings (SSSR count). The molecular weight excluding hydrogens is 256 g/mol. The Morgan fingerprint density at radius 2 is 1.95 bits per heavy atom. The molecule has 0 aromatic carbocycles. The van der Waals surface area contributed by atoms with Crippen LogP contribution >= 0.6 is 0 Å². The third-order valence-corrected chi connectivity index (χ3v) is 3.96. The fourth-order valence-corrected chi connectivity index (χ4v) is 2.70. The fourth-order valence-electron chi connectivity index (χ4n) is 2.70. The number of nitrogen functional groups attached to an aromatic ring is 1. The molecule has 1 saturated carbocycles. The van der Waals surface area contributed by atoms with Gasteiger partial charge < -0.3 is 20.7 Å². The highest BCUT2D eigenvalue weighted by Gasteiger charge is 2.35. The van der Waals surface area contributed by atoms with Gasteiger partial charge in [-0.25, -0.2) is 0 Å². The smallest absolute Gasteiger partial charge is 0.323 e. The van der Waals surface area contributed by atoms with Crippen LogP contribution in [0.15, 0.2) is 0 Å². The lowest BCUT2D eigenvalue weighted by atomic mass is 9.96. The van der Waals surface area contributed by atoms with E-state index >= 15 is 0 Å². The highest BCUT2D eigenvalue weighted by Crippen LogP contribution is 2.33. The second-order valence-corrected chi connectivity index (χ2v) is 5.41. The predicted octanol–water partition coefficient (Wildman–Crippen LogP) is 1.14. The van der Waals surface area contributed by atoms with Gasteiger partial charge in [-0.15, -0.1) is 0 Å². The Balaban J connectivity index is 2.06. The Morgan fingerprint density at radius 3 is 2.55 bits per heavy atom. The van der Waals surface area contributed by atoms with Crippen LogP contribution in [-0.4, -0.2) is 52.6 Å². The molecule has 7 nitrogen and oxygen atoms in total. The number of hydrogen-bond donors (Lipinski definition) is 2. The van der Waals surface area contributed by atoms with E-state index in [0.29, 0.717) is 12.6 Å². The molecule has 0 saturated heterocycles. The van der Waals surface area contributed by atoms with E-state index in [4.69, 9.17) is 10.5 Å². The monoisotopic (exact) mass is 280 g/mol. The van der Waals surface area contributed by atoms with Gasteiger partial charge in [0.05, 0.1) is 6.61 Å². The molecule has 1 fully saturated rings. The van der Waals surface area contributed by atoms with E-state index in [2.05, 4.69) is 39.3 Å². The van der Waals surface area contributed by atoms with Crippen LogP contribution in [0.25, 0.3) is 0 Å². The van der Waals surface area contributed by atoms with Crippen molar-refractivity contribution >= 4 is 11.9 Å². The van der Waals surface area contributed by atoms with Crippen molar-refractivity contribution in [2.75, 3.05) is 38.3 Å². The van der Waals surface area contributed by atoms with E-state index in [-0.39, 0.29) is 17.5 Å². The van der Waals surface area contributed by atoms with Crippen LogP contribution in [-0.2, 0) is 0 Å². The number of hydrogen-bond acceptors (Lipinski definition) is 7. The molecule has 0 amide bonds. The van der Waals surface area contributed by atoms with Gasteiger partial charge in [-0.1, -0.05) is 12.8 Å². The number of likely N-dealkylation sites (N-methyl/N-ethyl adjacent to an activating group) is 1. The van der Waals surface area contributed by atoms with Crippen molar-refractivity contribution in [2.24, 2.45) is 0 Å². The van der Waals surface area contributed by atoms with Gasteiger partial charge in [-0.05, 0) is 33.9 Å². The van der Waals surface area contributed by atoms with Crippen molar-refractivity contribution in [3.05, 3.63) is 0 Å². The summed E-state index contributed by atoms with van der Waals surface area (Å²) < 4.78 is 5.28. The molecule has 1 aliphatic carbocycles. The largest absolute Gasteiger partial charge is 0.464 e. The molecule has 0 bridgehead atoms. The minimum atomic E-state index is 0.174. The second kappa shape index (κ2) is 6.21. The maximum absolute atomic E-state index is 5.67. The highest BCUT2D eigenvalue weighted by atomic mass is 16.5. The average molecular weight is 280 g/mol. The second-order valence-electron chi connectivity index (χ2n) is 5.41. The van der Waals surface area contributed by atoms with Gasteiger partial charge in [-0.2, -0.15) is 15.0 Å². The molecule has 1 heterocycles. The first-order valence-electron chi connectivity index (χ1n) is 7.11. The van der Waals surface area contributed by atoms with Gasteiger partial charge in [0, 0.05) is 12.1 Å². The number of nitrogens with zero attached hydrogens (tertiary/aromatic N) is 4. The Morgan fingerprint density at radius 1 is 1.25 bits per heavy atom. The van der Waals surface area contributed by atoms with Crippen LogP contribution in [0.5, 0.6) is 6.01 Å². The van der Waals surface area contributed by atoms with Crippen LogP contribution in [0, 0.1) is 0 Å². The first-order valence-corrected chi connectivity index (χ1v) is 7.11. The quantitative estimate of drug-likeness (QED) is 0.807. The van der Waals surface area contributed by atoms with Crippen LogP contribution in [0.2, 0.25) is 0 Å². The first kappa shape index (κ1) is 14.8. The van der Waals surface area contributed by atoms with E-state index in [1.807, 2.05) is 6.92 Å². The standard InChI is InChI=1S/C13H24N6O/c1-4-20-12-17-10(14)16-11(18-12)15-9-13(19(2)3)7-5-6-8-13/h4-9H2,1-3H3,(H3,14,15,16,17,18). The number of aromatic nitrogens is 3. The molecule has 1 aromatic heterocycles. The lowest BCUT2D eigenvalue weighted by Crippen LogP contribution is -2.47. The van der Waals surface area contributed by atoms with Gasteiger partial charge in [-0.3, -0.25) is 0 Å². The Labute approximate surface area is 119 Å². The number of rotatable bonds is 6. The normalized spacial score (nSPS) is 17.4. The maximum atomic E-state index is 5.67. The zero-order valence-electron chi connectivity index (χ0n) is 12.5. The van der Waals surface area contributed by atoms with E-state index in [9.17, 15) is 0 Å². The zero-order chi connectivity index (χ0) is 14.6. The van der Waals surface area contributed by atoms with Gasteiger partial charge in [0.25, 0.3) is 0 Å². The molecule has 0 spiro atoms. The summed E-state index contributed by atoms with van der Waals surface area (Å²) in [6.45, 7) is 3.19. The third kappa shape index (κ3) is 3.27. The van der Waals surface area contributed by atoms with Crippen LogP contribution in [0.4, 0.5) is 11.9 Å². The predicted molar refractivity (Wildman–Crippen MR) is 78.8 cm³/mol. The summed E-state index contributed by atoms with van der Waals surface area (Å²) in [5.74, 6) is 0.658. The molecule has 112 valence electrons. The zero-order valence-corrected chi connectivity index (χ0v) is 12.5. The molecule has 7 heteroatoms. The molecule has 1 aromatic rings. The van der Waals surface area contributed by atoms with Crippen LogP contribution < -0.4 is 15.8 Å². The summed E-state index contributed by atoms with van der Waals surface area (Å²) in [7, 11) is 4.25. The number of nitrogens with two attached hydrogens (primary N) is 1. The minimum absolute atomic E-state index is 0.174. The number of anilines is 2. The fraction of sp³-hybridized carbons (Fsp3) is 0.769. The summed E-state index contributed by atoms with van der Waals surface area (Å²) in [5, 5.41) is 3.28. The Kier molecular flexibility index (Phi) is 4.59. The molecule has 1 aliphatic rings. The van der Waals surface area contributed by atoms with E-state index in [1.165, 1.54) is 25.7 Å². The topological polar surface area (TPSA) is 89.2 Å². The minimum Gasteiger partial charge on any atom is -0.464 e. The lowest BCUT2D eigenvalue weighted by Gasteiger charge is -2.36. The van der Waals surface area contributed by atoms with Crippen molar-refractivity contribution in [3.8, 4) is 6.01 Å². The highest BCUT2D eigenvalue weighted by molar-refractivity contribution is 5.33. The summed E-state index contributed by atoms with van der Waals surface area (Å²) in [6, 6.07) is 0.271. The van der Waals surface area contributed by atoms with E-state index in [0.717, 1.165) is 6.54 Å². The molecule has 3 N–H and O–H groups in total. The van der Waals surface area contributed by atoms with Gasteiger partial charge in [0.15, 0.2) is 0 Å². The Bertz CT molecular complexity index is 444. The van der Waals surface area contributed by atoms with Crippen molar-refractivity contribution in [2.45, 2.75) is 38.1 Å². The third-order valence-electron chi connectivity index (χ3n) is 3.96. The average Bonchev–Trinajstić information content (AvgIpc) is 2.86. The Hall–Kier alpha value is -1.63. The summed E-state index contributed by atoms with van der Waals surface area (Å²) in [4.78, 5) is 14.6. The van der Waals surface area contributed by atoms with Crippen molar-refractivity contribution in [3.63, 3.8) is 0 Å². The number of ether oxygens (including phenoxy) is 1. The lowest BCUT2D eigenvalue weighted by molar-refractivity contribution is 0.172. The molecule has 0 radical (unpaired) electrons. The van der Waals surface area contributed by atoms with Crippen molar-refractivity contribution in [1.82, 2.24) is 19.9 Å². The maximum Gasteiger partial charge on any atom is 0.323 e. The van der Waals surface area contributed by atoms with Gasteiger partial charge in [0.1, 0.15) is 0 Å². The van der Waals surface area contributed by atoms with Crippen molar-refractivity contribution in [1.29, 1.82) is 0 Å². The molecule has 0 unspecified atom stereocenters. The van der Waals surface area contributed by atoms with Gasteiger partial charge in [0.2, 0.25) is 11.9 Å². The molecule has 0 atom stereocenters. The molecule has 20 heavy (non-hydrogen) atoms. The van der Waals surface area contributed by atoms with Crippen molar-refractivity contribution < 1.29 is 4.74 Å². The van der Waals surface area contributed by atoms with Crippen LogP contribution in [0.1, 0.15) is 32.6 Å². The summed E-state index contributed by atoms with van der Waals surface area (Å²) in [5.41, 5.74) is 5.85. The van der Waals surface area contributed by atoms with Gasteiger partial charge >= 0.3 is 6.01 Å². The van der Waals surface area contributed by atoms with Crippen LogP contribution in [0.3, 0.4) is 0 Å². The SMILES string of the molecule is CCOc1nc(N)nc(NCC2(N(C)C)CCCC2)n1. The molecular formula is C13H24N6O. The first-order chi connectivity index (χ1) is 9.55. The molecule has 0 aliphatic heterocycles. The number of nitrogens with one attached hydrogen (secondary N) is 1.